The average molecular weight is 688 g/mol. The van der Waals surface area contributed by atoms with Crippen LogP contribution in [0.4, 0.5) is 5.69 Å². The van der Waals surface area contributed by atoms with Gasteiger partial charge in [-0.3, -0.25) is 19.1 Å². The van der Waals surface area contributed by atoms with Crippen LogP contribution in [0.2, 0.25) is 0 Å². The Labute approximate surface area is 297 Å². The number of unbranched alkanes of at least 4 members (excludes halogenated alkanes) is 12. The quantitative estimate of drug-likeness (QED) is 0.0606. The average Bonchev–Trinajstić information content (AvgIpc) is 3.61. The third-order valence-corrected chi connectivity index (χ3v) is 10.8. The molecule has 0 bridgehead atoms. The van der Waals surface area contributed by atoms with Crippen molar-refractivity contribution in [1.29, 1.82) is 0 Å². The number of fused-ring (bicyclic) bond motifs is 2. The Morgan fingerprint density at radius 1 is 0.776 bits per heavy atom. The van der Waals surface area contributed by atoms with Crippen LogP contribution >= 0.6 is 11.3 Å². The van der Waals surface area contributed by atoms with Gasteiger partial charge in [-0.2, -0.15) is 0 Å². The number of thiophene rings is 1. The molecule has 1 saturated heterocycles. The molecule has 0 unspecified atom stereocenters. The van der Waals surface area contributed by atoms with E-state index >= 15 is 0 Å². The Bertz CT molecular complexity index is 1620. The molecule has 7 nitrogen and oxygen atoms in total. The van der Waals surface area contributed by atoms with Crippen LogP contribution in [0.1, 0.15) is 103 Å². The summed E-state index contributed by atoms with van der Waals surface area (Å²) in [6.07, 6.45) is 17.5. The van der Waals surface area contributed by atoms with Gasteiger partial charge < -0.3 is 14.4 Å². The SMILES string of the molecule is CCCCCCCCCCCCCCC(=O)OCn1c(=O)ccc2ccc(OCCCCN3CCN(c4cccc5sccc45)CC3)cc21. The van der Waals surface area contributed by atoms with Crippen molar-refractivity contribution in [2.45, 2.75) is 110 Å². The number of carbonyl (C=O) groups is 1. The van der Waals surface area contributed by atoms with Crippen molar-refractivity contribution in [3.8, 4) is 5.75 Å². The number of ether oxygens (including phenoxy) is 2. The lowest BCUT2D eigenvalue weighted by Crippen LogP contribution is -2.46. The van der Waals surface area contributed by atoms with E-state index in [1.54, 1.807) is 0 Å². The molecule has 1 fully saturated rings. The van der Waals surface area contributed by atoms with E-state index in [9.17, 15) is 9.59 Å². The molecule has 266 valence electrons. The molecule has 5 rings (SSSR count). The molecular formula is C41H57N3O4S. The third kappa shape index (κ3) is 11.6. The van der Waals surface area contributed by atoms with Crippen LogP contribution in [0.3, 0.4) is 0 Å². The van der Waals surface area contributed by atoms with Crippen molar-refractivity contribution in [3.63, 3.8) is 0 Å². The topological polar surface area (TPSA) is 64.0 Å². The van der Waals surface area contributed by atoms with Crippen molar-refractivity contribution in [2.75, 3.05) is 44.2 Å². The van der Waals surface area contributed by atoms with Crippen molar-refractivity contribution in [1.82, 2.24) is 9.47 Å². The minimum absolute atomic E-state index is 0.0770. The standard InChI is InChI=1S/C41H57N3O4S/c1-2-3-4-5-6-7-8-9-10-11-12-13-19-41(46)48-33-44-38-32-35(22-20-34(38)21-23-40(44)45)47-30-15-14-25-42-26-28-43(29-27-42)37-17-16-18-39-36(37)24-31-49-39/h16-18,20-24,31-32H,2-15,19,25-30,33H2,1H3. The zero-order valence-electron chi connectivity index (χ0n) is 29.7. The second kappa shape index (κ2) is 20.3. The number of aromatic nitrogens is 1. The zero-order valence-corrected chi connectivity index (χ0v) is 30.5. The molecule has 0 aliphatic carbocycles. The molecule has 0 radical (unpaired) electrons. The van der Waals surface area contributed by atoms with E-state index in [0.29, 0.717) is 13.0 Å². The highest BCUT2D eigenvalue weighted by Crippen LogP contribution is 2.31. The lowest BCUT2D eigenvalue weighted by Gasteiger charge is -2.36. The molecule has 1 aliphatic heterocycles. The summed E-state index contributed by atoms with van der Waals surface area (Å²) in [5, 5.41) is 4.47. The molecule has 2 aromatic heterocycles. The molecule has 0 saturated carbocycles. The first-order valence-electron chi connectivity index (χ1n) is 19.0. The molecule has 2 aromatic carbocycles. The minimum atomic E-state index is -0.246. The number of hydrogen-bond acceptors (Lipinski definition) is 7. The van der Waals surface area contributed by atoms with Crippen LogP contribution in [0.5, 0.6) is 5.75 Å². The molecule has 3 heterocycles. The number of pyridine rings is 1. The Hall–Kier alpha value is -3.36. The molecule has 0 N–H and O–H groups in total. The van der Waals surface area contributed by atoms with Crippen molar-refractivity contribution in [3.05, 3.63) is 70.3 Å². The minimum Gasteiger partial charge on any atom is -0.494 e. The number of benzene rings is 2. The van der Waals surface area contributed by atoms with Crippen LogP contribution < -0.4 is 15.2 Å². The molecule has 0 amide bonds. The van der Waals surface area contributed by atoms with Crippen LogP contribution in [-0.4, -0.2) is 54.8 Å². The van der Waals surface area contributed by atoms with Gasteiger partial charge in [-0.15, -0.1) is 11.3 Å². The third-order valence-electron chi connectivity index (χ3n) is 9.88. The van der Waals surface area contributed by atoms with E-state index < -0.39 is 0 Å². The number of piperazine rings is 1. The Kier molecular flexibility index (Phi) is 15.3. The molecular weight excluding hydrogens is 631 g/mol. The van der Waals surface area contributed by atoms with E-state index in [4.69, 9.17) is 9.47 Å². The summed E-state index contributed by atoms with van der Waals surface area (Å²) < 4.78 is 14.5. The van der Waals surface area contributed by atoms with Gasteiger partial charge in [-0.1, -0.05) is 83.6 Å². The Balaban J connectivity index is 0.963. The maximum absolute atomic E-state index is 12.7. The Morgan fingerprint density at radius 3 is 2.24 bits per heavy atom. The van der Waals surface area contributed by atoms with Gasteiger partial charge in [0.2, 0.25) is 0 Å². The van der Waals surface area contributed by atoms with Gasteiger partial charge in [0.1, 0.15) is 5.75 Å². The molecule has 4 aromatic rings. The van der Waals surface area contributed by atoms with Crippen molar-refractivity contribution in [2.24, 2.45) is 0 Å². The number of hydrogen-bond donors (Lipinski definition) is 0. The van der Waals surface area contributed by atoms with Gasteiger partial charge in [0, 0.05) is 60.5 Å². The van der Waals surface area contributed by atoms with Crippen LogP contribution in [0.15, 0.2) is 64.8 Å². The number of carbonyl (C=O) groups excluding carboxylic acids is 1. The van der Waals surface area contributed by atoms with Crippen LogP contribution in [0, 0.1) is 0 Å². The molecule has 1 aliphatic rings. The van der Waals surface area contributed by atoms with E-state index in [0.717, 1.165) is 75.1 Å². The predicted octanol–water partition coefficient (Wildman–Crippen LogP) is 9.79. The summed E-state index contributed by atoms with van der Waals surface area (Å²) in [5.74, 6) is 0.482. The second-order valence-corrected chi connectivity index (χ2v) is 14.5. The van der Waals surface area contributed by atoms with Gasteiger partial charge in [-0.25, -0.2) is 0 Å². The normalized spacial score (nSPS) is 13.8. The van der Waals surface area contributed by atoms with Crippen LogP contribution in [0.25, 0.3) is 21.0 Å². The zero-order chi connectivity index (χ0) is 34.1. The summed E-state index contributed by atoms with van der Waals surface area (Å²) in [6.45, 7) is 8.14. The molecule has 0 spiro atoms. The first-order chi connectivity index (χ1) is 24.1. The van der Waals surface area contributed by atoms with E-state index in [1.165, 1.54) is 90.6 Å². The van der Waals surface area contributed by atoms with Gasteiger partial charge in [0.05, 0.1) is 12.1 Å². The summed E-state index contributed by atoms with van der Waals surface area (Å²) in [6, 6.07) is 18.0. The lowest BCUT2D eigenvalue weighted by molar-refractivity contribution is -0.147. The van der Waals surface area contributed by atoms with E-state index in [-0.39, 0.29) is 18.3 Å². The first kappa shape index (κ1) is 36.9. The highest BCUT2D eigenvalue weighted by Gasteiger charge is 2.18. The van der Waals surface area contributed by atoms with E-state index in [2.05, 4.69) is 46.4 Å². The lowest BCUT2D eigenvalue weighted by atomic mass is 10.0. The van der Waals surface area contributed by atoms with Gasteiger partial charge in [0.25, 0.3) is 5.56 Å². The second-order valence-electron chi connectivity index (χ2n) is 13.6. The largest absolute Gasteiger partial charge is 0.494 e. The monoisotopic (exact) mass is 687 g/mol. The summed E-state index contributed by atoms with van der Waals surface area (Å²) in [4.78, 5) is 30.3. The van der Waals surface area contributed by atoms with Crippen LogP contribution in [-0.2, 0) is 16.3 Å². The fraction of sp³-hybridized carbons (Fsp3) is 0.561. The summed E-state index contributed by atoms with van der Waals surface area (Å²) in [7, 11) is 0. The molecule has 49 heavy (non-hydrogen) atoms. The van der Waals surface area contributed by atoms with Gasteiger partial charge in [0.15, 0.2) is 6.73 Å². The maximum atomic E-state index is 12.7. The van der Waals surface area contributed by atoms with Crippen molar-refractivity contribution < 1.29 is 14.3 Å². The fourth-order valence-electron chi connectivity index (χ4n) is 6.90. The molecule has 8 heteroatoms. The van der Waals surface area contributed by atoms with E-state index in [1.807, 2.05) is 35.6 Å². The number of anilines is 1. The highest BCUT2D eigenvalue weighted by atomic mass is 32.1. The smallest absolute Gasteiger partial charge is 0.307 e. The number of esters is 1. The highest BCUT2D eigenvalue weighted by molar-refractivity contribution is 7.17. The number of rotatable bonds is 22. The van der Waals surface area contributed by atoms with Gasteiger partial charge >= 0.3 is 5.97 Å². The van der Waals surface area contributed by atoms with Gasteiger partial charge in [-0.05, 0) is 73.0 Å². The summed E-state index contributed by atoms with van der Waals surface area (Å²) in [5.41, 5.74) is 1.90. The van der Waals surface area contributed by atoms with Crippen molar-refractivity contribution >= 4 is 44.0 Å². The first-order valence-corrected chi connectivity index (χ1v) is 19.9. The summed E-state index contributed by atoms with van der Waals surface area (Å²) >= 11 is 1.81. The fourth-order valence-corrected chi connectivity index (χ4v) is 7.71. The Morgan fingerprint density at radius 2 is 1.49 bits per heavy atom. The molecule has 0 atom stereocenters. The predicted molar refractivity (Wildman–Crippen MR) is 205 cm³/mol. The maximum Gasteiger partial charge on any atom is 0.307 e. The number of nitrogens with zero attached hydrogens (tertiary/aromatic N) is 3.